The number of nitrogens with zero attached hydrogens (tertiary/aromatic N) is 2. The van der Waals surface area contributed by atoms with E-state index in [4.69, 9.17) is 11.6 Å². The van der Waals surface area contributed by atoms with Crippen molar-refractivity contribution in [2.45, 2.75) is 31.3 Å². The van der Waals surface area contributed by atoms with Gasteiger partial charge >= 0.3 is 0 Å². The summed E-state index contributed by atoms with van der Waals surface area (Å²) in [6.07, 6.45) is 3.47. The molecule has 0 aromatic carbocycles. The Hall–Kier alpha value is -1.46. The number of sulfonamides is 1. The van der Waals surface area contributed by atoms with Crippen LogP contribution in [0.25, 0.3) is 6.08 Å². The molecular weight excluding hydrogens is 450 g/mol. The molecule has 3 fully saturated rings. The number of hydrogen-bond donors (Lipinski definition) is 2. The van der Waals surface area contributed by atoms with Crippen LogP contribution in [-0.4, -0.2) is 73.5 Å². The van der Waals surface area contributed by atoms with Gasteiger partial charge in [0.05, 0.1) is 23.5 Å². The van der Waals surface area contributed by atoms with Crippen LogP contribution in [0, 0.1) is 11.8 Å². The van der Waals surface area contributed by atoms with Gasteiger partial charge in [-0.1, -0.05) is 11.6 Å². The van der Waals surface area contributed by atoms with E-state index < -0.39 is 22.0 Å². The summed E-state index contributed by atoms with van der Waals surface area (Å²) >= 11 is 7.09. The van der Waals surface area contributed by atoms with E-state index in [1.165, 1.54) is 22.3 Å². The Morgan fingerprint density at radius 2 is 2.20 bits per heavy atom. The fourth-order valence-corrected chi connectivity index (χ4v) is 6.43. The van der Waals surface area contributed by atoms with Crippen LogP contribution in [0.5, 0.6) is 0 Å². The number of piperidine rings is 2. The molecule has 3 unspecified atom stereocenters. The normalized spacial score (nSPS) is 28.9. The molecule has 11 heteroatoms. The number of carbonyl (C=O) groups excluding carboxylic acids is 2. The summed E-state index contributed by atoms with van der Waals surface area (Å²) < 4.78 is 27.8. The molecule has 1 aliphatic carbocycles. The van der Waals surface area contributed by atoms with Gasteiger partial charge in [-0.2, -0.15) is 4.72 Å². The van der Waals surface area contributed by atoms with Crippen LogP contribution >= 0.6 is 22.9 Å². The lowest BCUT2D eigenvalue weighted by molar-refractivity contribution is -0.144. The topological polar surface area (TPSA) is 107 Å². The number of rotatable bonds is 7. The second kappa shape index (κ2) is 8.58. The molecule has 2 N–H and O–H groups in total. The van der Waals surface area contributed by atoms with Crippen LogP contribution in [-0.2, 0) is 19.6 Å². The van der Waals surface area contributed by atoms with Gasteiger partial charge in [-0.05, 0) is 49.3 Å². The zero-order chi connectivity index (χ0) is 21.5. The van der Waals surface area contributed by atoms with Gasteiger partial charge in [0.25, 0.3) is 0 Å². The quantitative estimate of drug-likeness (QED) is 0.617. The van der Waals surface area contributed by atoms with Crippen molar-refractivity contribution in [2.24, 2.45) is 11.8 Å². The fourth-order valence-electron chi connectivity index (χ4n) is 4.36. The molecule has 0 radical (unpaired) electrons. The largest absolute Gasteiger partial charge is 0.394 e. The highest BCUT2D eigenvalue weighted by Crippen LogP contribution is 2.49. The van der Waals surface area contributed by atoms with E-state index in [9.17, 15) is 23.1 Å². The van der Waals surface area contributed by atoms with Crippen molar-refractivity contribution >= 4 is 50.9 Å². The van der Waals surface area contributed by atoms with Crippen molar-refractivity contribution < 1.29 is 23.1 Å². The van der Waals surface area contributed by atoms with Crippen LogP contribution in [0.3, 0.4) is 0 Å². The summed E-state index contributed by atoms with van der Waals surface area (Å²) in [5.74, 6) is 0.261. The summed E-state index contributed by atoms with van der Waals surface area (Å²) in [6.45, 7) is 0.892. The number of aliphatic hydroxyl groups is 1. The molecule has 0 bridgehead atoms. The van der Waals surface area contributed by atoms with E-state index >= 15 is 0 Å². The maximum Gasteiger partial charge on any atom is 0.242 e. The highest BCUT2D eigenvalue weighted by Gasteiger charge is 2.53. The Bertz CT molecular complexity index is 963. The molecule has 2 saturated heterocycles. The van der Waals surface area contributed by atoms with E-state index in [1.807, 2.05) is 0 Å². The molecular formula is C19H24ClN3O5S2. The first-order chi connectivity index (χ1) is 14.3. The van der Waals surface area contributed by atoms with Crippen molar-refractivity contribution in [3.05, 3.63) is 26.8 Å². The number of likely N-dealkylation sites (tertiary alicyclic amines) is 2. The molecule has 4 rings (SSSR count). The van der Waals surface area contributed by atoms with Crippen LogP contribution in [0.15, 0.2) is 17.5 Å². The number of carbonyl (C=O) groups is 2. The van der Waals surface area contributed by atoms with Gasteiger partial charge in [-0.25, -0.2) is 8.42 Å². The third-order valence-corrected chi connectivity index (χ3v) is 8.28. The average molecular weight is 474 g/mol. The number of hydrogen-bond acceptors (Lipinski definition) is 6. The molecule has 30 heavy (non-hydrogen) atoms. The van der Waals surface area contributed by atoms with Crippen molar-refractivity contribution in [3.63, 3.8) is 0 Å². The summed E-state index contributed by atoms with van der Waals surface area (Å²) in [7, 11) is -3.83. The van der Waals surface area contributed by atoms with Gasteiger partial charge in [0.2, 0.25) is 21.8 Å². The minimum Gasteiger partial charge on any atom is -0.394 e. The van der Waals surface area contributed by atoms with Crippen molar-refractivity contribution in [2.75, 3.05) is 26.2 Å². The molecule has 4 atom stereocenters. The lowest BCUT2D eigenvalue weighted by atomic mass is 10.1. The average Bonchev–Trinajstić information content (AvgIpc) is 3.17. The summed E-state index contributed by atoms with van der Waals surface area (Å²) in [5, 5.41) is 10.6. The van der Waals surface area contributed by atoms with E-state index in [0.29, 0.717) is 47.0 Å². The second-order valence-corrected chi connectivity index (χ2v) is 11.4. The highest BCUT2D eigenvalue weighted by molar-refractivity contribution is 7.92. The minimum absolute atomic E-state index is 0.0644. The number of aliphatic hydroxyl groups excluding tert-OH is 1. The number of halogens is 1. The number of amides is 2. The predicted molar refractivity (Wildman–Crippen MR) is 114 cm³/mol. The van der Waals surface area contributed by atoms with Gasteiger partial charge in [0.1, 0.15) is 6.04 Å². The van der Waals surface area contributed by atoms with Gasteiger partial charge in [0, 0.05) is 23.4 Å². The predicted octanol–water partition coefficient (Wildman–Crippen LogP) is 1.12. The smallest absolute Gasteiger partial charge is 0.242 e. The van der Waals surface area contributed by atoms with Crippen molar-refractivity contribution in [3.8, 4) is 0 Å². The van der Waals surface area contributed by atoms with Crippen LogP contribution in [0.4, 0.5) is 0 Å². The number of thiophene rings is 1. The molecule has 1 aromatic rings. The molecule has 1 aromatic heterocycles. The lowest BCUT2D eigenvalue weighted by Gasteiger charge is -2.34. The Morgan fingerprint density at radius 3 is 2.90 bits per heavy atom. The number of fused-ring (bicyclic) bond motifs is 1. The maximum atomic E-state index is 12.8. The van der Waals surface area contributed by atoms with E-state index in [1.54, 1.807) is 17.0 Å². The summed E-state index contributed by atoms with van der Waals surface area (Å²) in [4.78, 5) is 29.3. The van der Waals surface area contributed by atoms with Crippen LogP contribution < -0.4 is 4.72 Å². The molecule has 2 amide bonds. The van der Waals surface area contributed by atoms with Crippen LogP contribution in [0.2, 0.25) is 4.34 Å². The Kier molecular flexibility index (Phi) is 6.23. The monoisotopic (exact) mass is 473 g/mol. The van der Waals surface area contributed by atoms with Gasteiger partial charge in [-0.3, -0.25) is 9.59 Å². The Morgan fingerprint density at radius 1 is 1.40 bits per heavy atom. The first-order valence-electron chi connectivity index (χ1n) is 9.92. The molecule has 3 aliphatic rings. The molecule has 1 saturated carbocycles. The van der Waals surface area contributed by atoms with Crippen molar-refractivity contribution in [1.82, 2.24) is 14.5 Å². The lowest BCUT2D eigenvalue weighted by Crippen LogP contribution is -2.55. The fraction of sp³-hybridized carbons (Fsp3) is 0.579. The Balaban J connectivity index is 1.35. The minimum atomic E-state index is -3.83. The number of nitrogens with one attached hydrogen (secondary N) is 1. The maximum absolute atomic E-state index is 12.8. The molecule has 8 nitrogen and oxygen atoms in total. The van der Waals surface area contributed by atoms with E-state index in [-0.39, 0.29) is 25.1 Å². The molecule has 164 valence electrons. The second-order valence-electron chi connectivity index (χ2n) is 8.02. The Labute approximate surface area is 184 Å². The van der Waals surface area contributed by atoms with Gasteiger partial charge in [0.15, 0.2) is 0 Å². The third kappa shape index (κ3) is 4.72. The van der Waals surface area contributed by atoms with E-state index in [2.05, 4.69) is 4.72 Å². The molecule has 3 heterocycles. The van der Waals surface area contributed by atoms with Gasteiger partial charge < -0.3 is 14.9 Å². The van der Waals surface area contributed by atoms with Crippen molar-refractivity contribution in [1.29, 1.82) is 0 Å². The molecule has 0 spiro atoms. The van der Waals surface area contributed by atoms with Crippen LogP contribution in [0.1, 0.15) is 24.1 Å². The zero-order valence-electron chi connectivity index (χ0n) is 16.2. The summed E-state index contributed by atoms with van der Waals surface area (Å²) in [5.41, 5.74) is 0. The first kappa shape index (κ1) is 21.8. The summed E-state index contributed by atoms with van der Waals surface area (Å²) in [6, 6.07) is 2.33. The SMILES string of the molecule is O=C1[C@@H](NS(=O)(=O)/C=C/c2ccc(Cl)s2)CCCN1CC(=O)N1CC2CC2C1CO. The molecule has 2 aliphatic heterocycles. The zero-order valence-corrected chi connectivity index (χ0v) is 18.6. The first-order valence-corrected chi connectivity index (χ1v) is 12.7. The standard InChI is InChI=1S/C19H24ClN3O5S2/c20-17-4-3-13(29-17)5-7-30(27,28)21-15-2-1-6-22(19(15)26)10-18(25)23-9-12-8-14(12)16(23)11-24/h3-5,7,12,14-16,21,24H,1-2,6,8-11H2/b7-5+/t12?,14?,15-,16?/m0/s1. The third-order valence-electron chi connectivity index (χ3n) is 5.98. The van der Waals surface area contributed by atoms with Gasteiger partial charge in [-0.15, -0.1) is 11.3 Å². The van der Waals surface area contributed by atoms with E-state index in [0.717, 1.165) is 11.8 Å². The highest BCUT2D eigenvalue weighted by atomic mass is 35.5.